The Morgan fingerprint density at radius 2 is 1.84 bits per heavy atom. The molecule has 1 aliphatic carbocycles. The van der Waals surface area contributed by atoms with Crippen molar-refractivity contribution in [3.05, 3.63) is 18.2 Å². The van der Waals surface area contributed by atoms with Gasteiger partial charge in [-0.25, -0.2) is 8.42 Å². The molecule has 0 unspecified atom stereocenters. The largest absolute Gasteiger partial charge is 0.341 e. The molecule has 0 saturated heterocycles. The van der Waals surface area contributed by atoms with Gasteiger partial charge >= 0.3 is 0 Å². The van der Waals surface area contributed by atoms with Gasteiger partial charge in [0.05, 0.1) is 10.6 Å². The van der Waals surface area contributed by atoms with Crippen LogP contribution in [0.2, 0.25) is 0 Å². The number of benzene rings is 1. The number of rotatable bonds is 7. The lowest BCUT2D eigenvalue weighted by Crippen LogP contribution is -2.46. The molecule has 0 atom stereocenters. The Morgan fingerprint density at radius 3 is 2.48 bits per heavy atom. The van der Waals surface area contributed by atoms with E-state index in [1.807, 2.05) is 7.05 Å². The van der Waals surface area contributed by atoms with Crippen LogP contribution >= 0.6 is 11.8 Å². The summed E-state index contributed by atoms with van der Waals surface area (Å²) in [6.07, 6.45) is 5.76. The molecule has 1 saturated carbocycles. The summed E-state index contributed by atoms with van der Waals surface area (Å²) in [7, 11) is -1.84. The number of amides is 2. The molecule has 0 N–H and O–H groups in total. The summed E-state index contributed by atoms with van der Waals surface area (Å²) in [5, 5.41) is 0. The summed E-state index contributed by atoms with van der Waals surface area (Å²) in [6.45, 7) is 4.29. The van der Waals surface area contributed by atoms with E-state index in [0.29, 0.717) is 31.0 Å². The van der Waals surface area contributed by atoms with Crippen molar-refractivity contribution >= 4 is 39.3 Å². The molecule has 2 aliphatic rings. The molecule has 0 aromatic heterocycles. The van der Waals surface area contributed by atoms with Gasteiger partial charge in [-0.15, -0.1) is 11.8 Å². The number of thioether (sulfide) groups is 1. The monoisotopic (exact) mass is 467 g/mol. The van der Waals surface area contributed by atoms with Crippen LogP contribution in [0, 0.1) is 0 Å². The second-order valence-corrected chi connectivity index (χ2v) is 11.2. The zero-order valence-electron chi connectivity index (χ0n) is 18.7. The number of hydrogen-bond acceptors (Lipinski definition) is 5. The molecule has 0 radical (unpaired) electrons. The summed E-state index contributed by atoms with van der Waals surface area (Å²) in [4.78, 5) is 30.2. The Kier molecular flexibility index (Phi) is 8.04. The topological polar surface area (TPSA) is 78.0 Å². The second kappa shape index (κ2) is 10.4. The standard InChI is InChI=1S/C22H33N3O4S2/c1-4-24(5-2)31(28,29)18-11-12-20-19(15-18)25(21(26)13-14-30-20)16-22(27)23(3)17-9-7-6-8-10-17/h11-12,15,17H,4-10,13-14,16H2,1-3H3. The molecule has 31 heavy (non-hydrogen) atoms. The molecular formula is C22H33N3O4S2. The number of nitrogens with zero attached hydrogens (tertiary/aromatic N) is 3. The summed E-state index contributed by atoms with van der Waals surface area (Å²) in [5.41, 5.74) is 0.520. The highest BCUT2D eigenvalue weighted by Crippen LogP contribution is 2.36. The minimum atomic E-state index is -3.66. The fourth-order valence-corrected chi connectivity index (χ4v) is 6.77. The molecule has 3 rings (SSSR count). The van der Waals surface area contributed by atoms with Gasteiger partial charge in [0, 0.05) is 43.2 Å². The van der Waals surface area contributed by atoms with Crippen LogP contribution in [0.25, 0.3) is 0 Å². The van der Waals surface area contributed by atoms with Gasteiger partial charge in [-0.3, -0.25) is 9.59 Å². The Morgan fingerprint density at radius 1 is 1.16 bits per heavy atom. The average molecular weight is 468 g/mol. The summed E-state index contributed by atoms with van der Waals surface area (Å²) >= 11 is 1.52. The van der Waals surface area contributed by atoms with E-state index in [1.165, 1.54) is 27.4 Å². The number of hydrogen-bond donors (Lipinski definition) is 0. The lowest BCUT2D eigenvalue weighted by Gasteiger charge is -2.33. The third-order valence-electron chi connectivity index (χ3n) is 6.25. The highest BCUT2D eigenvalue weighted by atomic mass is 32.2. The molecule has 0 spiro atoms. The van der Waals surface area contributed by atoms with Gasteiger partial charge in [-0.05, 0) is 31.0 Å². The van der Waals surface area contributed by atoms with E-state index in [0.717, 1.165) is 30.6 Å². The van der Waals surface area contributed by atoms with Crippen LogP contribution in [0.15, 0.2) is 28.0 Å². The molecular weight excluding hydrogens is 434 g/mol. The Labute approximate surface area is 190 Å². The SMILES string of the molecule is CCN(CC)S(=O)(=O)c1ccc2c(c1)N(CC(=O)N(C)C1CCCCC1)C(=O)CCS2. The van der Waals surface area contributed by atoms with E-state index in [1.54, 1.807) is 36.9 Å². The average Bonchev–Trinajstić information content (AvgIpc) is 2.92. The highest BCUT2D eigenvalue weighted by Gasteiger charge is 2.30. The Hall–Kier alpha value is -1.58. The number of sulfonamides is 1. The van der Waals surface area contributed by atoms with Gasteiger partial charge in [0.1, 0.15) is 6.54 Å². The lowest BCUT2D eigenvalue weighted by molar-refractivity contribution is -0.132. The van der Waals surface area contributed by atoms with Gasteiger partial charge in [0.2, 0.25) is 21.8 Å². The predicted octanol–water partition coefficient (Wildman–Crippen LogP) is 3.34. The third-order valence-corrected chi connectivity index (χ3v) is 9.36. The summed E-state index contributed by atoms with van der Waals surface area (Å²) in [5.74, 6) is 0.362. The molecule has 1 fully saturated rings. The van der Waals surface area contributed by atoms with Crippen molar-refractivity contribution in [2.45, 2.75) is 68.2 Å². The number of anilines is 1. The van der Waals surface area contributed by atoms with Crippen molar-refractivity contribution in [3.8, 4) is 0 Å². The normalized spacial score (nSPS) is 18.1. The van der Waals surface area contributed by atoms with Crippen LogP contribution in [0.4, 0.5) is 5.69 Å². The van der Waals surface area contributed by atoms with Gasteiger partial charge in [-0.2, -0.15) is 4.31 Å². The minimum Gasteiger partial charge on any atom is -0.341 e. The molecule has 1 aromatic carbocycles. The maximum absolute atomic E-state index is 13.1. The van der Waals surface area contributed by atoms with E-state index in [2.05, 4.69) is 0 Å². The van der Waals surface area contributed by atoms with E-state index in [-0.39, 0.29) is 29.3 Å². The first-order chi connectivity index (χ1) is 14.8. The van der Waals surface area contributed by atoms with Crippen LogP contribution in [0.5, 0.6) is 0 Å². The molecule has 1 aromatic rings. The zero-order chi connectivity index (χ0) is 22.6. The van der Waals surface area contributed by atoms with Crippen molar-refractivity contribution in [3.63, 3.8) is 0 Å². The fraction of sp³-hybridized carbons (Fsp3) is 0.636. The summed E-state index contributed by atoms with van der Waals surface area (Å²) in [6, 6.07) is 5.14. The van der Waals surface area contributed by atoms with Crippen molar-refractivity contribution in [2.24, 2.45) is 0 Å². The first-order valence-electron chi connectivity index (χ1n) is 11.1. The maximum Gasteiger partial charge on any atom is 0.243 e. The van der Waals surface area contributed by atoms with Crippen LogP contribution in [-0.2, 0) is 19.6 Å². The van der Waals surface area contributed by atoms with Gasteiger partial charge in [0.25, 0.3) is 0 Å². The number of carbonyl (C=O) groups excluding carboxylic acids is 2. The third kappa shape index (κ3) is 5.26. The smallest absolute Gasteiger partial charge is 0.243 e. The fourth-order valence-electron chi connectivity index (χ4n) is 4.31. The van der Waals surface area contributed by atoms with E-state index in [4.69, 9.17) is 0 Å². The molecule has 2 amide bonds. The molecule has 0 bridgehead atoms. The number of fused-ring (bicyclic) bond motifs is 1. The Bertz CT molecular complexity index is 909. The zero-order valence-corrected chi connectivity index (χ0v) is 20.3. The second-order valence-electron chi connectivity index (χ2n) is 8.09. The van der Waals surface area contributed by atoms with Gasteiger partial charge in [-0.1, -0.05) is 33.1 Å². The van der Waals surface area contributed by atoms with Crippen molar-refractivity contribution < 1.29 is 18.0 Å². The van der Waals surface area contributed by atoms with Crippen LogP contribution in [0.1, 0.15) is 52.4 Å². The van der Waals surface area contributed by atoms with Crippen LogP contribution < -0.4 is 4.90 Å². The van der Waals surface area contributed by atoms with Crippen LogP contribution in [-0.4, -0.2) is 67.9 Å². The molecule has 7 nitrogen and oxygen atoms in total. The van der Waals surface area contributed by atoms with Crippen molar-refractivity contribution in [1.29, 1.82) is 0 Å². The minimum absolute atomic E-state index is 0.0613. The lowest BCUT2D eigenvalue weighted by atomic mass is 9.94. The van der Waals surface area contributed by atoms with E-state index in [9.17, 15) is 18.0 Å². The molecule has 9 heteroatoms. The molecule has 172 valence electrons. The predicted molar refractivity (Wildman–Crippen MR) is 124 cm³/mol. The van der Waals surface area contributed by atoms with Crippen molar-refractivity contribution in [2.75, 3.05) is 37.3 Å². The first-order valence-corrected chi connectivity index (χ1v) is 13.5. The van der Waals surface area contributed by atoms with Gasteiger partial charge in [0.15, 0.2) is 0 Å². The first kappa shape index (κ1) is 24.1. The van der Waals surface area contributed by atoms with E-state index >= 15 is 0 Å². The van der Waals surface area contributed by atoms with E-state index < -0.39 is 10.0 Å². The summed E-state index contributed by atoms with van der Waals surface area (Å²) < 4.78 is 27.5. The number of carbonyl (C=O) groups is 2. The van der Waals surface area contributed by atoms with Crippen molar-refractivity contribution in [1.82, 2.24) is 9.21 Å². The van der Waals surface area contributed by atoms with Crippen LogP contribution in [0.3, 0.4) is 0 Å². The molecule has 1 aliphatic heterocycles. The highest BCUT2D eigenvalue weighted by molar-refractivity contribution is 7.99. The van der Waals surface area contributed by atoms with Gasteiger partial charge < -0.3 is 9.80 Å². The Balaban J connectivity index is 1.91. The molecule has 1 heterocycles. The number of likely N-dealkylation sites (N-methyl/N-ethyl adjacent to an activating group) is 1. The maximum atomic E-state index is 13.1. The quantitative estimate of drug-likeness (QED) is 0.615.